The summed E-state index contributed by atoms with van der Waals surface area (Å²) in [6, 6.07) is 3.13. The van der Waals surface area contributed by atoms with Crippen LogP contribution in [0.25, 0.3) is 0 Å². The van der Waals surface area contributed by atoms with Gasteiger partial charge >= 0.3 is 6.61 Å². The van der Waals surface area contributed by atoms with Crippen LogP contribution in [0.2, 0.25) is 0 Å². The van der Waals surface area contributed by atoms with Crippen molar-refractivity contribution in [3.8, 4) is 5.75 Å². The first-order valence-corrected chi connectivity index (χ1v) is 7.20. The lowest BCUT2D eigenvalue weighted by Crippen LogP contribution is -2.29. The van der Waals surface area contributed by atoms with E-state index in [0.29, 0.717) is 23.2 Å². The van der Waals surface area contributed by atoms with Crippen LogP contribution in [0.5, 0.6) is 5.75 Å². The summed E-state index contributed by atoms with van der Waals surface area (Å²) in [5, 5.41) is 6.07. The lowest BCUT2D eigenvalue weighted by Gasteiger charge is -2.16. The standard InChI is InChI=1S/C16H20F2N2O2.ClH/c1-10-7-13(8-11(2)14(10)22-16(17)18)15(21)20-9-12-3-5-19-6-4-12;/h3,7-8,16,19H,4-6,9H2,1-2H3,(H,20,21);1H. The van der Waals surface area contributed by atoms with Gasteiger partial charge in [-0.15, -0.1) is 12.4 Å². The maximum Gasteiger partial charge on any atom is 0.387 e. The topological polar surface area (TPSA) is 50.4 Å². The van der Waals surface area contributed by atoms with Gasteiger partial charge in [-0.3, -0.25) is 4.79 Å². The molecular formula is C16H21ClF2N2O2. The Morgan fingerprint density at radius 3 is 2.52 bits per heavy atom. The molecule has 0 fully saturated rings. The highest BCUT2D eigenvalue weighted by molar-refractivity contribution is 5.95. The van der Waals surface area contributed by atoms with Crippen LogP contribution in [-0.4, -0.2) is 32.2 Å². The number of amides is 1. The van der Waals surface area contributed by atoms with Crippen LogP contribution in [0.15, 0.2) is 23.8 Å². The molecule has 0 saturated carbocycles. The summed E-state index contributed by atoms with van der Waals surface area (Å²) in [6.07, 6.45) is 2.99. The van der Waals surface area contributed by atoms with Crippen molar-refractivity contribution in [1.82, 2.24) is 10.6 Å². The van der Waals surface area contributed by atoms with Crippen molar-refractivity contribution in [3.05, 3.63) is 40.5 Å². The first-order chi connectivity index (χ1) is 10.5. The van der Waals surface area contributed by atoms with Crippen molar-refractivity contribution in [2.24, 2.45) is 0 Å². The Kier molecular flexibility index (Phi) is 7.45. The molecule has 0 radical (unpaired) electrons. The Morgan fingerprint density at radius 2 is 2.00 bits per heavy atom. The van der Waals surface area contributed by atoms with Gasteiger partial charge < -0.3 is 15.4 Å². The molecular weight excluding hydrogens is 326 g/mol. The van der Waals surface area contributed by atoms with Crippen molar-refractivity contribution >= 4 is 18.3 Å². The highest BCUT2D eigenvalue weighted by Crippen LogP contribution is 2.26. The van der Waals surface area contributed by atoms with E-state index in [9.17, 15) is 13.6 Å². The van der Waals surface area contributed by atoms with E-state index >= 15 is 0 Å². The van der Waals surface area contributed by atoms with Gasteiger partial charge in [-0.1, -0.05) is 11.6 Å². The average Bonchev–Trinajstić information content (AvgIpc) is 2.49. The Labute approximate surface area is 140 Å². The van der Waals surface area contributed by atoms with Gasteiger partial charge in [-0.25, -0.2) is 0 Å². The van der Waals surface area contributed by atoms with Gasteiger partial charge in [0.05, 0.1) is 0 Å². The molecule has 7 heteroatoms. The first-order valence-electron chi connectivity index (χ1n) is 7.20. The summed E-state index contributed by atoms with van der Waals surface area (Å²) in [6.45, 7) is 2.67. The molecule has 2 rings (SSSR count). The molecule has 1 aromatic carbocycles. The molecule has 0 saturated heterocycles. The van der Waals surface area contributed by atoms with Crippen molar-refractivity contribution in [2.75, 3.05) is 19.6 Å². The fraction of sp³-hybridized carbons (Fsp3) is 0.438. The summed E-state index contributed by atoms with van der Waals surface area (Å²) in [7, 11) is 0. The SMILES string of the molecule is Cc1cc(C(=O)NCC2=CCNCC2)cc(C)c1OC(F)F.Cl. The van der Waals surface area contributed by atoms with Crippen molar-refractivity contribution in [3.63, 3.8) is 0 Å². The molecule has 1 aromatic rings. The smallest absolute Gasteiger partial charge is 0.387 e. The van der Waals surface area contributed by atoms with Crippen molar-refractivity contribution < 1.29 is 18.3 Å². The van der Waals surface area contributed by atoms with E-state index in [1.165, 1.54) is 5.57 Å². The van der Waals surface area contributed by atoms with Crippen LogP contribution >= 0.6 is 12.4 Å². The number of ether oxygens (including phenoxy) is 1. The molecule has 4 nitrogen and oxygen atoms in total. The maximum absolute atomic E-state index is 12.4. The van der Waals surface area contributed by atoms with Gasteiger partial charge in [0.15, 0.2) is 0 Å². The van der Waals surface area contributed by atoms with Crippen LogP contribution in [0.1, 0.15) is 27.9 Å². The van der Waals surface area contributed by atoms with E-state index < -0.39 is 6.61 Å². The van der Waals surface area contributed by atoms with Crippen LogP contribution in [-0.2, 0) is 0 Å². The zero-order valence-corrected chi connectivity index (χ0v) is 13.9. The van der Waals surface area contributed by atoms with Crippen LogP contribution < -0.4 is 15.4 Å². The summed E-state index contributed by atoms with van der Waals surface area (Å²) in [5.74, 6) is -0.0816. The zero-order valence-electron chi connectivity index (χ0n) is 13.1. The second-order valence-corrected chi connectivity index (χ2v) is 5.32. The van der Waals surface area contributed by atoms with Gasteiger partial charge in [0.25, 0.3) is 5.91 Å². The highest BCUT2D eigenvalue weighted by atomic mass is 35.5. The third-order valence-corrected chi connectivity index (χ3v) is 3.56. The number of hydrogen-bond acceptors (Lipinski definition) is 3. The number of carbonyl (C=O) groups is 1. The average molecular weight is 347 g/mol. The summed E-state index contributed by atoms with van der Waals surface area (Å²) in [5.41, 5.74) is 2.68. The quantitative estimate of drug-likeness (QED) is 0.806. The number of carbonyl (C=O) groups excluding carboxylic acids is 1. The predicted octanol–water partition coefficient (Wildman–Crippen LogP) is 2.98. The molecule has 1 amide bonds. The Hall–Kier alpha value is -1.66. The molecule has 0 atom stereocenters. The number of hydrogen-bond donors (Lipinski definition) is 2. The number of benzene rings is 1. The second kappa shape index (κ2) is 8.84. The molecule has 2 N–H and O–H groups in total. The Balaban J connectivity index is 0.00000264. The molecule has 23 heavy (non-hydrogen) atoms. The highest BCUT2D eigenvalue weighted by Gasteiger charge is 2.15. The van der Waals surface area contributed by atoms with Crippen LogP contribution in [0, 0.1) is 13.8 Å². The summed E-state index contributed by atoms with van der Waals surface area (Å²) >= 11 is 0. The number of halogens is 3. The molecule has 0 unspecified atom stereocenters. The number of aryl methyl sites for hydroxylation is 2. The molecule has 0 spiro atoms. The van der Waals surface area contributed by atoms with Gasteiger partial charge in [0.2, 0.25) is 0 Å². The molecule has 128 valence electrons. The van der Waals surface area contributed by atoms with Crippen molar-refractivity contribution in [1.29, 1.82) is 0 Å². The van der Waals surface area contributed by atoms with Gasteiger partial charge in [-0.2, -0.15) is 8.78 Å². The fourth-order valence-electron chi connectivity index (χ4n) is 2.48. The predicted molar refractivity (Wildman–Crippen MR) is 87.7 cm³/mol. The minimum Gasteiger partial charge on any atom is -0.434 e. The third kappa shape index (κ3) is 5.48. The van der Waals surface area contributed by atoms with Crippen LogP contribution in [0.4, 0.5) is 8.78 Å². The first kappa shape index (κ1) is 19.4. The van der Waals surface area contributed by atoms with E-state index in [1.54, 1.807) is 26.0 Å². The lowest BCUT2D eigenvalue weighted by atomic mass is 10.0. The summed E-state index contributed by atoms with van der Waals surface area (Å²) < 4.78 is 29.2. The molecule has 1 aliphatic rings. The normalized spacial score (nSPS) is 14.0. The van der Waals surface area contributed by atoms with E-state index in [4.69, 9.17) is 0 Å². The van der Waals surface area contributed by atoms with E-state index in [2.05, 4.69) is 21.4 Å². The summed E-state index contributed by atoms with van der Waals surface area (Å²) in [4.78, 5) is 12.2. The van der Waals surface area contributed by atoms with Gasteiger partial charge in [0, 0.05) is 18.7 Å². The maximum atomic E-state index is 12.4. The van der Waals surface area contributed by atoms with E-state index in [0.717, 1.165) is 19.5 Å². The molecule has 1 aliphatic heterocycles. The second-order valence-electron chi connectivity index (χ2n) is 5.32. The number of rotatable bonds is 5. The largest absolute Gasteiger partial charge is 0.434 e. The molecule has 1 heterocycles. The number of alkyl halides is 2. The zero-order chi connectivity index (χ0) is 16.1. The molecule has 0 bridgehead atoms. The fourth-order valence-corrected chi connectivity index (χ4v) is 2.48. The minimum absolute atomic E-state index is 0. The van der Waals surface area contributed by atoms with Crippen LogP contribution in [0.3, 0.4) is 0 Å². The van der Waals surface area contributed by atoms with Crippen molar-refractivity contribution in [2.45, 2.75) is 26.9 Å². The number of nitrogens with one attached hydrogen (secondary N) is 2. The Morgan fingerprint density at radius 1 is 1.35 bits per heavy atom. The minimum atomic E-state index is -2.87. The monoisotopic (exact) mass is 346 g/mol. The van der Waals surface area contributed by atoms with E-state index in [1.807, 2.05) is 0 Å². The molecule has 0 aliphatic carbocycles. The molecule has 0 aromatic heterocycles. The van der Waals surface area contributed by atoms with E-state index in [-0.39, 0.29) is 24.1 Å². The third-order valence-electron chi connectivity index (χ3n) is 3.56. The lowest BCUT2D eigenvalue weighted by molar-refractivity contribution is -0.0507. The van der Waals surface area contributed by atoms with Gasteiger partial charge in [-0.05, 0) is 50.1 Å². The Bertz CT molecular complexity index is 568. The van der Waals surface area contributed by atoms with Gasteiger partial charge in [0.1, 0.15) is 5.75 Å².